The predicted molar refractivity (Wildman–Crippen MR) is 123 cm³/mol. The second-order valence-corrected chi connectivity index (χ2v) is 8.74. The molecule has 2 aromatic carbocycles. The summed E-state index contributed by atoms with van der Waals surface area (Å²) in [7, 11) is 0. The number of ether oxygens (including phenoxy) is 1. The lowest BCUT2D eigenvalue weighted by atomic mass is 9.74. The highest BCUT2D eigenvalue weighted by atomic mass is 16.6. The Labute approximate surface area is 190 Å². The molecule has 6 rings (SSSR count). The van der Waals surface area contributed by atoms with Gasteiger partial charge in [-0.2, -0.15) is 0 Å². The average Bonchev–Trinajstić information content (AvgIpc) is 3.42. The Morgan fingerprint density at radius 2 is 1.88 bits per heavy atom. The Morgan fingerprint density at radius 1 is 1.09 bits per heavy atom. The van der Waals surface area contributed by atoms with Gasteiger partial charge in [0.15, 0.2) is 5.82 Å². The highest BCUT2D eigenvalue weighted by Gasteiger charge is 2.48. The summed E-state index contributed by atoms with van der Waals surface area (Å²) in [5.41, 5.74) is 2.79. The van der Waals surface area contributed by atoms with Crippen molar-refractivity contribution in [3.8, 4) is 11.4 Å². The Hall–Kier alpha value is -4.00. The number of carbonyl (C=O) groups excluding carboxylic acids is 2. The van der Waals surface area contributed by atoms with Crippen molar-refractivity contribution >= 4 is 28.6 Å². The maximum atomic E-state index is 12.9. The normalized spacial score (nSPS) is 21.7. The zero-order chi connectivity index (χ0) is 22.4. The van der Waals surface area contributed by atoms with Gasteiger partial charge in [0.2, 0.25) is 5.91 Å². The topological polar surface area (TPSA) is 97.0 Å². The second-order valence-electron chi connectivity index (χ2n) is 8.74. The molecule has 1 aliphatic heterocycles. The van der Waals surface area contributed by atoms with Gasteiger partial charge in [-0.25, -0.2) is 9.78 Å². The van der Waals surface area contributed by atoms with Crippen molar-refractivity contribution in [2.24, 2.45) is 5.92 Å². The number of aromatic nitrogens is 3. The third kappa shape index (κ3) is 3.36. The zero-order valence-corrected chi connectivity index (χ0v) is 17.9. The zero-order valence-electron chi connectivity index (χ0n) is 17.9. The second kappa shape index (κ2) is 7.55. The van der Waals surface area contributed by atoms with Crippen LogP contribution in [0.15, 0.2) is 67.0 Å². The van der Waals surface area contributed by atoms with Crippen LogP contribution in [0.25, 0.3) is 22.3 Å². The lowest BCUT2D eigenvalue weighted by Gasteiger charge is -2.35. The molecule has 1 fully saturated rings. The number of pyridine rings is 1. The standard InChI is InChI=1S/C26H22N4O3/c31-24(16-9-11-26(12-10-16)20-7-3-2-6-19(20)25(32)33-26)30-22-15-28-23(29-22)18-13-17-5-1-4-8-21(17)27-14-18/h1-8,13-16H,9-12H2,(H,28,29)(H,30,31)/t16-,26-. The van der Waals surface area contributed by atoms with E-state index in [0.29, 0.717) is 42.9 Å². The van der Waals surface area contributed by atoms with Gasteiger partial charge in [-0.3, -0.25) is 9.78 Å². The summed E-state index contributed by atoms with van der Waals surface area (Å²) < 4.78 is 5.80. The molecule has 0 atom stereocenters. The minimum absolute atomic E-state index is 0.0582. The van der Waals surface area contributed by atoms with Crippen LogP contribution in [0.3, 0.4) is 0 Å². The number of amides is 1. The molecular weight excluding hydrogens is 416 g/mol. The predicted octanol–water partition coefficient (Wildman–Crippen LogP) is 4.82. The quantitative estimate of drug-likeness (QED) is 0.447. The summed E-state index contributed by atoms with van der Waals surface area (Å²) in [6.45, 7) is 0. The van der Waals surface area contributed by atoms with Crippen LogP contribution in [0.2, 0.25) is 0 Å². The maximum absolute atomic E-state index is 12.9. The number of hydrogen-bond acceptors (Lipinski definition) is 5. The first-order chi connectivity index (χ1) is 16.1. The largest absolute Gasteiger partial charge is 0.451 e. The van der Waals surface area contributed by atoms with Crippen LogP contribution < -0.4 is 5.32 Å². The van der Waals surface area contributed by atoms with Gasteiger partial charge in [-0.05, 0) is 43.9 Å². The van der Waals surface area contributed by atoms with Gasteiger partial charge in [0.05, 0.1) is 11.1 Å². The van der Waals surface area contributed by atoms with Crippen LogP contribution in [0, 0.1) is 5.92 Å². The van der Waals surface area contributed by atoms with Gasteiger partial charge in [-0.15, -0.1) is 0 Å². The SMILES string of the molecule is O=C1O[C@]2(CC[C@H](C(=O)Nc3c[nH]c(-c4cnc5ccccc5c4)n3)CC2)c2ccccc21. The van der Waals surface area contributed by atoms with E-state index in [-0.39, 0.29) is 17.8 Å². The molecule has 0 saturated heterocycles. The lowest BCUT2D eigenvalue weighted by Crippen LogP contribution is -2.36. The maximum Gasteiger partial charge on any atom is 0.339 e. The van der Waals surface area contributed by atoms with Crippen molar-refractivity contribution in [2.45, 2.75) is 31.3 Å². The number of fused-ring (bicyclic) bond motifs is 3. The molecule has 33 heavy (non-hydrogen) atoms. The van der Waals surface area contributed by atoms with Gasteiger partial charge < -0.3 is 15.0 Å². The number of aromatic amines is 1. The number of benzene rings is 2. The number of esters is 1. The molecule has 4 aromatic rings. The van der Waals surface area contributed by atoms with Gasteiger partial charge in [0.25, 0.3) is 0 Å². The van der Waals surface area contributed by atoms with E-state index in [4.69, 9.17) is 4.74 Å². The summed E-state index contributed by atoms with van der Waals surface area (Å²) in [4.78, 5) is 37.3. The molecule has 1 spiro atoms. The number of anilines is 1. The highest BCUT2D eigenvalue weighted by Crippen LogP contribution is 2.48. The Kier molecular flexibility index (Phi) is 4.50. The van der Waals surface area contributed by atoms with Gasteiger partial charge >= 0.3 is 5.97 Å². The minimum Gasteiger partial charge on any atom is -0.451 e. The minimum atomic E-state index is -0.590. The van der Waals surface area contributed by atoms with Crippen molar-refractivity contribution in [3.05, 3.63) is 78.1 Å². The van der Waals surface area contributed by atoms with E-state index < -0.39 is 5.60 Å². The third-order valence-electron chi connectivity index (χ3n) is 6.78. The molecular formula is C26H22N4O3. The Balaban J connectivity index is 1.13. The number of nitrogens with one attached hydrogen (secondary N) is 2. The van der Waals surface area contributed by atoms with Gasteiger partial charge in [0, 0.05) is 34.8 Å². The summed E-state index contributed by atoms with van der Waals surface area (Å²) in [6, 6.07) is 17.5. The number of imidazole rings is 1. The molecule has 1 saturated carbocycles. The number of nitrogens with zero attached hydrogens (tertiary/aromatic N) is 2. The monoisotopic (exact) mass is 438 g/mol. The van der Waals surface area contributed by atoms with E-state index in [1.807, 2.05) is 54.6 Å². The fourth-order valence-corrected chi connectivity index (χ4v) is 5.03. The number of hydrogen-bond donors (Lipinski definition) is 2. The third-order valence-corrected chi connectivity index (χ3v) is 6.78. The van der Waals surface area contributed by atoms with Gasteiger partial charge in [0.1, 0.15) is 11.4 Å². The van der Waals surface area contributed by atoms with Crippen LogP contribution in [-0.4, -0.2) is 26.8 Å². The summed E-state index contributed by atoms with van der Waals surface area (Å²) in [5, 5.41) is 3.97. The van der Waals surface area contributed by atoms with Gasteiger partial charge in [-0.1, -0.05) is 36.4 Å². The van der Waals surface area contributed by atoms with E-state index >= 15 is 0 Å². The fourth-order valence-electron chi connectivity index (χ4n) is 5.03. The molecule has 164 valence electrons. The molecule has 0 bridgehead atoms. The molecule has 0 radical (unpaired) electrons. The van der Waals surface area contributed by atoms with Crippen molar-refractivity contribution in [2.75, 3.05) is 5.32 Å². The van der Waals surface area contributed by atoms with Crippen molar-refractivity contribution < 1.29 is 14.3 Å². The van der Waals surface area contributed by atoms with Crippen LogP contribution >= 0.6 is 0 Å². The summed E-state index contributed by atoms with van der Waals surface area (Å²) in [5.74, 6) is 0.671. The fraction of sp³-hybridized carbons (Fsp3) is 0.231. The highest BCUT2D eigenvalue weighted by molar-refractivity contribution is 5.95. The summed E-state index contributed by atoms with van der Waals surface area (Å²) >= 11 is 0. The number of rotatable bonds is 3. The Bertz CT molecular complexity index is 1390. The van der Waals surface area contributed by atoms with E-state index in [1.165, 1.54) is 0 Å². The number of carbonyl (C=O) groups is 2. The smallest absolute Gasteiger partial charge is 0.339 e. The first-order valence-corrected chi connectivity index (χ1v) is 11.2. The molecule has 1 amide bonds. The molecule has 1 aliphatic carbocycles. The van der Waals surface area contributed by atoms with E-state index in [0.717, 1.165) is 22.0 Å². The van der Waals surface area contributed by atoms with Crippen molar-refractivity contribution in [1.82, 2.24) is 15.0 Å². The number of H-pyrrole nitrogens is 1. The number of para-hydroxylation sites is 1. The van der Waals surface area contributed by atoms with Crippen LogP contribution in [0.5, 0.6) is 0 Å². The lowest BCUT2D eigenvalue weighted by molar-refractivity contribution is -0.122. The molecule has 0 unspecified atom stereocenters. The molecule has 3 heterocycles. The Morgan fingerprint density at radius 3 is 2.76 bits per heavy atom. The molecule has 7 nitrogen and oxygen atoms in total. The molecule has 2 N–H and O–H groups in total. The van der Waals surface area contributed by atoms with Crippen molar-refractivity contribution in [1.29, 1.82) is 0 Å². The van der Waals surface area contributed by atoms with Crippen LogP contribution in [-0.2, 0) is 15.1 Å². The molecule has 2 aromatic heterocycles. The first-order valence-electron chi connectivity index (χ1n) is 11.2. The van der Waals surface area contributed by atoms with Crippen LogP contribution in [0.4, 0.5) is 5.82 Å². The summed E-state index contributed by atoms with van der Waals surface area (Å²) in [6.07, 6.45) is 6.05. The van der Waals surface area contributed by atoms with E-state index in [1.54, 1.807) is 12.4 Å². The van der Waals surface area contributed by atoms with Crippen LogP contribution in [0.1, 0.15) is 41.6 Å². The molecule has 2 aliphatic rings. The average molecular weight is 438 g/mol. The van der Waals surface area contributed by atoms with E-state index in [2.05, 4.69) is 20.3 Å². The van der Waals surface area contributed by atoms with E-state index in [9.17, 15) is 9.59 Å². The molecule has 7 heteroatoms. The first kappa shape index (κ1) is 19.7. The van der Waals surface area contributed by atoms with Crippen molar-refractivity contribution in [3.63, 3.8) is 0 Å².